The second-order valence-corrected chi connectivity index (χ2v) is 4.54. The maximum Gasteiger partial charge on any atom is -0.00172 e. The lowest BCUT2D eigenvalue weighted by Gasteiger charge is -2.06. The average Bonchev–Trinajstić information content (AvgIpc) is 2.24. The molecule has 0 saturated carbocycles. The van der Waals surface area contributed by atoms with Crippen molar-refractivity contribution in [3.8, 4) is 0 Å². The van der Waals surface area contributed by atoms with Crippen LogP contribution in [-0.4, -0.2) is 13.6 Å². The van der Waals surface area contributed by atoms with Crippen LogP contribution in [0.15, 0.2) is 29.8 Å². The van der Waals surface area contributed by atoms with Crippen LogP contribution in [0.2, 0.25) is 0 Å². The van der Waals surface area contributed by atoms with E-state index in [4.69, 9.17) is 0 Å². The van der Waals surface area contributed by atoms with Crippen molar-refractivity contribution in [2.24, 2.45) is 0 Å². The number of hydrogen-bond acceptors (Lipinski definition) is 1. The van der Waals surface area contributed by atoms with Gasteiger partial charge in [0.05, 0.1) is 0 Å². The lowest BCUT2D eigenvalue weighted by molar-refractivity contribution is 0.803. The number of hydrogen-bond donors (Lipinski definition) is 1. The van der Waals surface area contributed by atoms with Gasteiger partial charge in [-0.3, -0.25) is 0 Å². The summed E-state index contributed by atoms with van der Waals surface area (Å²) >= 11 is 0. The lowest BCUT2D eigenvalue weighted by Crippen LogP contribution is -2.06. The number of aryl methyl sites for hydroxylation is 2. The maximum atomic E-state index is 3.16. The van der Waals surface area contributed by atoms with Crippen molar-refractivity contribution in [1.29, 1.82) is 0 Å². The summed E-state index contributed by atoms with van der Waals surface area (Å²) in [5, 5.41) is 3.16. The molecule has 0 radical (unpaired) electrons. The third-order valence-corrected chi connectivity index (χ3v) is 2.94. The molecule has 1 nitrogen and oxygen atoms in total. The Kier molecular flexibility index (Phi) is 5.27. The maximum absolute atomic E-state index is 3.16. The standard InChI is InChI=1S/C15H23N/c1-12(6-5-9-16-4)10-15-8-7-13(2)14(3)11-15/h6-8,11,16H,5,9-10H2,1-4H3. The summed E-state index contributed by atoms with van der Waals surface area (Å²) < 4.78 is 0. The van der Waals surface area contributed by atoms with E-state index in [9.17, 15) is 0 Å². The highest BCUT2D eigenvalue weighted by atomic mass is 14.8. The number of allylic oxidation sites excluding steroid dienone is 1. The van der Waals surface area contributed by atoms with Gasteiger partial charge in [0.25, 0.3) is 0 Å². The molecular weight excluding hydrogens is 194 g/mol. The van der Waals surface area contributed by atoms with Gasteiger partial charge in [0.2, 0.25) is 0 Å². The fraction of sp³-hybridized carbons (Fsp3) is 0.467. The predicted molar refractivity (Wildman–Crippen MR) is 71.9 cm³/mol. The van der Waals surface area contributed by atoms with Crippen LogP contribution in [0, 0.1) is 13.8 Å². The van der Waals surface area contributed by atoms with Gasteiger partial charge in [-0.1, -0.05) is 29.8 Å². The third-order valence-electron chi connectivity index (χ3n) is 2.94. The Bertz CT molecular complexity index is 364. The molecule has 0 aliphatic heterocycles. The highest BCUT2D eigenvalue weighted by Gasteiger charge is 1.97. The van der Waals surface area contributed by atoms with Crippen LogP contribution < -0.4 is 5.32 Å². The molecule has 1 N–H and O–H groups in total. The first-order valence-electron chi connectivity index (χ1n) is 6.00. The summed E-state index contributed by atoms with van der Waals surface area (Å²) in [6, 6.07) is 6.74. The smallest absolute Gasteiger partial charge is 0.00172 e. The van der Waals surface area contributed by atoms with Crippen molar-refractivity contribution in [1.82, 2.24) is 5.32 Å². The van der Waals surface area contributed by atoms with Crippen LogP contribution in [0.1, 0.15) is 30.0 Å². The monoisotopic (exact) mass is 217 g/mol. The van der Waals surface area contributed by atoms with E-state index in [1.165, 1.54) is 22.3 Å². The molecular formula is C15H23N. The lowest BCUT2D eigenvalue weighted by atomic mass is 10.0. The molecule has 0 aliphatic rings. The fourth-order valence-electron chi connectivity index (χ4n) is 1.77. The zero-order valence-corrected chi connectivity index (χ0v) is 10.9. The van der Waals surface area contributed by atoms with Gasteiger partial charge in [0.15, 0.2) is 0 Å². The van der Waals surface area contributed by atoms with Crippen molar-refractivity contribution < 1.29 is 0 Å². The Hall–Kier alpha value is -1.08. The second-order valence-electron chi connectivity index (χ2n) is 4.54. The van der Waals surface area contributed by atoms with Gasteiger partial charge in [-0.2, -0.15) is 0 Å². The van der Waals surface area contributed by atoms with E-state index in [1.54, 1.807) is 0 Å². The fourth-order valence-corrected chi connectivity index (χ4v) is 1.77. The van der Waals surface area contributed by atoms with Crippen molar-refractivity contribution in [3.05, 3.63) is 46.5 Å². The molecule has 0 saturated heterocycles. The molecule has 0 aromatic heterocycles. The first-order chi connectivity index (χ1) is 7.63. The first-order valence-corrected chi connectivity index (χ1v) is 6.00. The summed E-state index contributed by atoms with van der Waals surface area (Å²) in [5.41, 5.74) is 5.64. The van der Waals surface area contributed by atoms with Crippen LogP contribution in [0.4, 0.5) is 0 Å². The molecule has 16 heavy (non-hydrogen) atoms. The molecule has 1 aromatic carbocycles. The average molecular weight is 217 g/mol. The molecule has 0 fully saturated rings. The van der Waals surface area contributed by atoms with Crippen molar-refractivity contribution >= 4 is 0 Å². The summed E-state index contributed by atoms with van der Waals surface area (Å²) in [7, 11) is 1.99. The zero-order chi connectivity index (χ0) is 12.0. The Morgan fingerprint density at radius 3 is 2.62 bits per heavy atom. The van der Waals surface area contributed by atoms with Crippen LogP contribution in [0.5, 0.6) is 0 Å². The summed E-state index contributed by atoms with van der Waals surface area (Å²) in [6.45, 7) is 7.61. The van der Waals surface area contributed by atoms with E-state index in [1.807, 2.05) is 7.05 Å². The van der Waals surface area contributed by atoms with Gasteiger partial charge in [-0.15, -0.1) is 0 Å². The number of rotatable bonds is 5. The van der Waals surface area contributed by atoms with Crippen LogP contribution in [0.3, 0.4) is 0 Å². The quantitative estimate of drug-likeness (QED) is 0.589. The Morgan fingerprint density at radius 2 is 2.00 bits per heavy atom. The second kappa shape index (κ2) is 6.49. The zero-order valence-electron chi connectivity index (χ0n) is 10.9. The minimum absolute atomic E-state index is 1.06. The van der Waals surface area contributed by atoms with Crippen molar-refractivity contribution in [2.45, 2.75) is 33.6 Å². The number of nitrogens with one attached hydrogen (secondary N) is 1. The largest absolute Gasteiger partial charge is 0.319 e. The SMILES string of the molecule is CNCCC=C(C)Cc1ccc(C)c(C)c1. The highest BCUT2D eigenvalue weighted by molar-refractivity contribution is 5.32. The van der Waals surface area contributed by atoms with Crippen LogP contribution in [-0.2, 0) is 6.42 Å². The summed E-state index contributed by atoms with van der Waals surface area (Å²) in [5.74, 6) is 0. The first kappa shape index (κ1) is 13.0. The minimum atomic E-state index is 1.06. The molecule has 0 spiro atoms. The van der Waals surface area contributed by atoms with Gasteiger partial charge in [-0.05, 0) is 63.9 Å². The molecule has 0 bridgehead atoms. The van der Waals surface area contributed by atoms with Gasteiger partial charge < -0.3 is 5.32 Å². The molecule has 1 heteroatoms. The third kappa shape index (κ3) is 4.19. The van der Waals surface area contributed by atoms with E-state index in [0.717, 1.165) is 19.4 Å². The van der Waals surface area contributed by atoms with E-state index < -0.39 is 0 Å². The van der Waals surface area contributed by atoms with Crippen LogP contribution >= 0.6 is 0 Å². The Morgan fingerprint density at radius 1 is 1.25 bits per heavy atom. The summed E-state index contributed by atoms with van der Waals surface area (Å²) in [6.07, 6.45) is 4.52. The van der Waals surface area contributed by atoms with Crippen molar-refractivity contribution in [2.75, 3.05) is 13.6 Å². The molecule has 0 aliphatic carbocycles. The molecule has 1 rings (SSSR count). The molecule has 0 atom stereocenters. The highest BCUT2D eigenvalue weighted by Crippen LogP contribution is 2.13. The van der Waals surface area contributed by atoms with Gasteiger partial charge in [0.1, 0.15) is 0 Å². The predicted octanol–water partition coefficient (Wildman–Crippen LogP) is 3.40. The number of benzene rings is 1. The van der Waals surface area contributed by atoms with Crippen LogP contribution in [0.25, 0.3) is 0 Å². The van der Waals surface area contributed by atoms with Gasteiger partial charge in [-0.25, -0.2) is 0 Å². The molecule has 88 valence electrons. The molecule has 0 unspecified atom stereocenters. The van der Waals surface area contributed by atoms with E-state index >= 15 is 0 Å². The van der Waals surface area contributed by atoms with E-state index in [-0.39, 0.29) is 0 Å². The molecule has 0 amide bonds. The topological polar surface area (TPSA) is 12.0 Å². The normalized spacial score (nSPS) is 11.9. The molecule has 0 heterocycles. The Balaban J connectivity index is 2.59. The molecule has 1 aromatic rings. The van der Waals surface area contributed by atoms with E-state index in [2.05, 4.69) is 50.4 Å². The van der Waals surface area contributed by atoms with E-state index in [0.29, 0.717) is 0 Å². The van der Waals surface area contributed by atoms with Gasteiger partial charge >= 0.3 is 0 Å². The minimum Gasteiger partial charge on any atom is -0.319 e. The van der Waals surface area contributed by atoms with Gasteiger partial charge in [0, 0.05) is 0 Å². The summed E-state index contributed by atoms with van der Waals surface area (Å²) in [4.78, 5) is 0. The Labute approximate surface area is 99.6 Å². The van der Waals surface area contributed by atoms with Crippen molar-refractivity contribution in [3.63, 3.8) is 0 Å².